The summed E-state index contributed by atoms with van der Waals surface area (Å²) in [7, 11) is 0. The molecular formula is C15H16FNO4. The lowest BCUT2D eigenvalue weighted by molar-refractivity contribution is -0.141. The molecule has 0 radical (unpaired) electrons. The van der Waals surface area contributed by atoms with Gasteiger partial charge in [0, 0.05) is 12.8 Å². The number of carbonyl (C=O) groups is 3. The Morgan fingerprint density at radius 3 is 2.67 bits per heavy atom. The van der Waals surface area contributed by atoms with Crippen molar-refractivity contribution in [1.82, 2.24) is 5.32 Å². The molecule has 0 bridgehead atoms. The Morgan fingerprint density at radius 2 is 2.05 bits per heavy atom. The molecule has 1 aromatic rings. The van der Waals surface area contributed by atoms with E-state index in [0.29, 0.717) is 19.3 Å². The first kappa shape index (κ1) is 15.2. The molecule has 0 saturated heterocycles. The van der Waals surface area contributed by atoms with Gasteiger partial charge in [0.15, 0.2) is 0 Å². The molecule has 1 saturated carbocycles. The van der Waals surface area contributed by atoms with Crippen LogP contribution in [0.15, 0.2) is 24.3 Å². The lowest BCUT2D eigenvalue weighted by atomic mass is 9.83. The van der Waals surface area contributed by atoms with Gasteiger partial charge in [0.25, 0.3) is 5.91 Å². The molecular weight excluding hydrogens is 277 g/mol. The number of carboxylic acid groups (broad SMARTS) is 1. The Morgan fingerprint density at radius 1 is 1.33 bits per heavy atom. The zero-order chi connectivity index (χ0) is 15.4. The number of ketones is 1. The standard InChI is InChI=1S/C15H16FNO4/c16-12-7-2-1-6-11(12)14(19)17-13(15(20)21)9-4-3-5-10(18)8-9/h1-2,6-7,9,13H,3-5,8H2,(H,17,19)(H,20,21)/t9-,13+/m0/s1. The van der Waals surface area contributed by atoms with E-state index in [9.17, 15) is 23.9 Å². The van der Waals surface area contributed by atoms with Gasteiger partial charge in [0.05, 0.1) is 5.56 Å². The summed E-state index contributed by atoms with van der Waals surface area (Å²) in [4.78, 5) is 34.8. The molecule has 1 aromatic carbocycles. The molecule has 1 aliphatic carbocycles. The number of Topliss-reactive ketones (excluding diaryl/α,β-unsaturated/α-hetero) is 1. The molecule has 5 nitrogen and oxygen atoms in total. The zero-order valence-corrected chi connectivity index (χ0v) is 11.3. The Labute approximate surface area is 121 Å². The highest BCUT2D eigenvalue weighted by Gasteiger charge is 2.33. The second kappa shape index (κ2) is 6.47. The molecule has 6 heteroatoms. The van der Waals surface area contributed by atoms with Crippen LogP contribution < -0.4 is 5.32 Å². The fourth-order valence-corrected chi connectivity index (χ4v) is 2.59. The summed E-state index contributed by atoms with van der Waals surface area (Å²) >= 11 is 0. The fraction of sp³-hybridized carbons (Fsp3) is 0.400. The smallest absolute Gasteiger partial charge is 0.326 e. The van der Waals surface area contributed by atoms with Crippen molar-refractivity contribution in [2.24, 2.45) is 5.92 Å². The Balaban J connectivity index is 2.13. The Kier molecular flexibility index (Phi) is 4.67. The van der Waals surface area contributed by atoms with Gasteiger partial charge in [-0.3, -0.25) is 9.59 Å². The number of nitrogens with one attached hydrogen (secondary N) is 1. The van der Waals surface area contributed by atoms with Gasteiger partial charge >= 0.3 is 5.97 Å². The molecule has 0 aliphatic heterocycles. The number of carbonyl (C=O) groups excluding carboxylic acids is 2. The van der Waals surface area contributed by atoms with E-state index in [4.69, 9.17) is 0 Å². The quantitative estimate of drug-likeness (QED) is 0.886. The second-order valence-electron chi connectivity index (χ2n) is 5.16. The number of rotatable bonds is 4. The van der Waals surface area contributed by atoms with Crippen molar-refractivity contribution in [1.29, 1.82) is 0 Å². The van der Waals surface area contributed by atoms with E-state index in [1.807, 2.05) is 0 Å². The highest BCUT2D eigenvalue weighted by molar-refractivity contribution is 5.97. The lowest BCUT2D eigenvalue weighted by Gasteiger charge is -2.27. The van der Waals surface area contributed by atoms with Gasteiger partial charge in [0.1, 0.15) is 17.6 Å². The first-order chi connectivity index (χ1) is 9.99. The maximum Gasteiger partial charge on any atom is 0.326 e. The van der Waals surface area contributed by atoms with Crippen LogP contribution in [0.3, 0.4) is 0 Å². The summed E-state index contributed by atoms with van der Waals surface area (Å²) in [5, 5.41) is 11.6. The molecule has 0 heterocycles. The van der Waals surface area contributed by atoms with E-state index in [0.717, 1.165) is 6.07 Å². The number of halogens is 1. The highest BCUT2D eigenvalue weighted by atomic mass is 19.1. The van der Waals surface area contributed by atoms with Crippen LogP contribution in [0.4, 0.5) is 4.39 Å². The summed E-state index contributed by atoms with van der Waals surface area (Å²) in [6, 6.07) is 4.18. The number of carboxylic acids is 1. The average Bonchev–Trinajstić information content (AvgIpc) is 2.44. The fourth-order valence-electron chi connectivity index (χ4n) is 2.59. The number of aliphatic carboxylic acids is 1. The third-order valence-corrected chi connectivity index (χ3v) is 3.66. The van der Waals surface area contributed by atoms with Crippen LogP contribution >= 0.6 is 0 Å². The van der Waals surface area contributed by atoms with E-state index in [2.05, 4.69) is 5.32 Å². The van der Waals surface area contributed by atoms with Crippen LogP contribution in [0.2, 0.25) is 0 Å². The van der Waals surface area contributed by atoms with Gasteiger partial charge in [-0.05, 0) is 30.9 Å². The molecule has 0 unspecified atom stereocenters. The highest BCUT2D eigenvalue weighted by Crippen LogP contribution is 2.25. The van der Waals surface area contributed by atoms with Gasteiger partial charge in [0.2, 0.25) is 0 Å². The van der Waals surface area contributed by atoms with Crippen LogP contribution in [-0.4, -0.2) is 28.8 Å². The van der Waals surface area contributed by atoms with Crippen LogP contribution in [0, 0.1) is 11.7 Å². The molecule has 0 spiro atoms. The first-order valence-corrected chi connectivity index (χ1v) is 6.79. The molecule has 1 aliphatic rings. The summed E-state index contributed by atoms with van der Waals surface area (Å²) in [5.74, 6) is -3.14. The minimum Gasteiger partial charge on any atom is -0.480 e. The zero-order valence-electron chi connectivity index (χ0n) is 11.3. The van der Waals surface area contributed by atoms with E-state index in [-0.39, 0.29) is 17.8 Å². The largest absolute Gasteiger partial charge is 0.480 e. The monoisotopic (exact) mass is 293 g/mol. The summed E-state index contributed by atoms with van der Waals surface area (Å²) in [6.45, 7) is 0. The second-order valence-corrected chi connectivity index (χ2v) is 5.16. The summed E-state index contributed by atoms with van der Waals surface area (Å²) in [5.41, 5.74) is -0.203. The normalized spacial score (nSPS) is 19.9. The van der Waals surface area contributed by atoms with E-state index < -0.39 is 29.7 Å². The van der Waals surface area contributed by atoms with Crippen LogP contribution in [0.5, 0.6) is 0 Å². The van der Waals surface area contributed by atoms with Gasteiger partial charge < -0.3 is 10.4 Å². The van der Waals surface area contributed by atoms with E-state index in [1.165, 1.54) is 18.2 Å². The topological polar surface area (TPSA) is 83.5 Å². The molecule has 2 N–H and O–H groups in total. The predicted molar refractivity (Wildman–Crippen MR) is 72.3 cm³/mol. The van der Waals surface area contributed by atoms with Gasteiger partial charge in [-0.2, -0.15) is 0 Å². The molecule has 112 valence electrons. The van der Waals surface area contributed by atoms with Gasteiger partial charge in [-0.25, -0.2) is 9.18 Å². The van der Waals surface area contributed by atoms with Crippen molar-refractivity contribution in [3.63, 3.8) is 0 Å². The molecule has 1 fully saturated rings. The molecule has 2 rings (SSSR count). The molecule has 2 atom stereocenters. The van der Waals surface area contributed by atoms with E-state index in [1.54, 1.807) is 0 Å². The van der Waals surface area contributed by atoms with Crippen LogP contribution in [-0.2, 0) is 9.59 Å². The Hall–Kier alpha value is -2.24. The minimum atomic E-state index is -1.21. The minimum absolute atomic E-state index is 0.00218. The third kappa shape index (κ3) is 3.65. The SMILES string of the molecule is O=C1CCC[C@H]([C@@H](NC(=O)c2ccccc2F)C(=O)O)C1. The van der Waals surface area contributed by atoms with Crippen molar-refractivity contribution in [2.75, 3.05) is 0 Å². The Bertz CT molecular complexity index is 573. The first-order valence-electron chi connectivity index (χ1n) is 6.79. The molecule has 0 aromatic heterocycles. The summed E-state index contributed by atoms with van der Waals surface area (Å²) < 4.78 is 13.5. The van der Waals surface area contributed by atoms with Gasteiger partial charge in [-0.1, -0.05) is 12.1 Å². The number of benzene rings is 1. The third-order valence-electron chi connectivity index (χ3n) is 3.66. The maximum absolute atomic E-state index is 13.5. The van der Waals surface area contributed by atoms with Gasteiger partial charge in [-0.15, -0.1) is 0 Å². The molecule has 1 amide bonds. The predicted octanol–water partition coefficient (Wildman–Crippen LogP) is 1.77. The van der Waals surface area contributed by atoms with Crippen molar-refractivity contribution in [3.05, 3.63) is 35.6 Å². The number of hydrogen-bond acceptors (Lipinski definition) is 3. The lowest BCUT2D eigenvalue weighted by Crippen LogP contribution is -2.47. The van der Waals surface area contributed by atoms with Crippen molar-refractivity contribution in [2.45, 2.75) is 31.7 Å². The summed E-state index contributed by atoms with van der Waals surface area (Å²) in [6.07, 6.45) is 1.75. The van der Waals surface area contributed by atoms with Crippen molar-refractivity contribution >= 4 is 17.7 Å². The van der Waals surface area contributed by atoms with Crippen LogP contribution in [0.25, 0.3) is 0 Å². The number of hydrogen-bond donors (Lipinski definition) is 2. The maximum atomic E-state index is 13.5. The van der Waals surface area contributed by atoms with E-state index >= 15 is 0 Å². The van der Waals surface area contributed by atoms with Crippen molar-refractivity contribution in [3.8, 4) is 0 Å². The van der Waals surface area contributed by atoms with Crippen molar-refractivity contribution < 1.29 is 23.9 Å². The average molecular weight is 293 g/mol. The number of amides is 1. The van der Waals surface area contributed by atoms with Crippen LogP contribution in [0.1, 0.15) is 36.0 Å². The molecule has 21 heavy (non-hydrogen) atoms.